The molecule has 4 heteroatoms. The maximum absolute atomic E-state index is 13.8. The second-order valence-corrected chi connectivity index (χ2v) is 10.8. The molecular formula is C27H36N2O2. The molecule has 0 unspecified atom stereocenters. The molecule has 166 valence electrons. The van der Waals surface area contributed by atoms with Crippen LogP contribution in [0.4, 0.5) is 5.69 Å². The normalized spacial score (nSPS) is 41.0. The number of hydrogen-bond acceptors (Lipinski definition) is 2. The van der Waals surface area contributed by atoms with E-state index in [1.54, 1.807) is 6.08 Å². The van der Waals surface area contributed by atoms with Gasteiger partial charge in [0, 0.05) is 29.6 Å². The molecule has 31 heavy (non-hydrogen) atoms. The van der Waals surface area contributed by atoms with E-state index in [1.165, 1.54) is 6.42 Å². The maximum atomic E-state index is 13.8. The molecule has 0 bridgehead atoms. The number of carbonyl (C=O) groups is 2. The molecule has 5 rings (SSSR count). The summed E-state index contributed by atoms with van der Waals surface area (Å²) in [7, 11) is 0. The predicted molar refractivity (Wildman–Crippen MR) is 123 cm³/mol. The lowest BCUT2D eigenvalue weighted by Crippen LogP contribution is -2.59. The molecule has 1 aliphatic heterocycles. The highest BCUT2D eigenvalue weighted by molar-refractivity contribution is 5.95. The number of carbonyl (C=O) groups excluding carboxylic acids is 2. The summed E-state index contributed by atoms with van der Waals surface area (Å²) >= 11 is 0. The number of para-hydroxylation sites is 1. The minimum Gasteiger partial charge on any atom is -0.349 e. The van der Waals surface area contributed by atoms with Crippen molar-refractivity contribution in [1.82, 2.24) is 5.32 Å². The number of nitrogens with one attached hydrogen (secondary N) is 1. The number of rotatable bonds is 3. The van der Waals surface area contributed by atoms with Crippen LogP contribution < -0.4 is 10.2 Å². The summed E-state index contributed by atoms with van der Waals surface area (Å²) in [6, 6.07) is 10.4. The van der Waals surface area contributed by atoms with Gasteiger partial charge in [-0.15, -0.1) is 0 Å². The van der Waals surface area contributed by atoms with Crippen LogP contribution >= 0.6 is 0 Å². The van der Waals surface area contributed by atoms with Crippen molar-refractivity contribution >= 4 is 17.5 Å². The summed E-state index contributed by atoms with van der Waals surface area (Å²) in [6.45, 7) is 7.58. The molecule has 1 N–H and O–H groups in total. The third-order valence-electron chi connectivity index (χ3n) is 9.63. The molecule has 1 aromatic carbocycles. The summed E-state index contributed by atoms with van der Waals surface area (Å²) in [5.74, 6) is 2.37. The number of amides is 2. The fraction of sp³-hybridized carbons (Fsp3) is 0.630. The Morgan fingerprint density at radius 2 is 1.84 bits per heavy atom. The zero-order chi connectivity index (χ0) is 21.8. The molecular weight excluding hydrogens is 384 g/mol. The highest BCUT2D eigenvalue weighted by Crippen LogP contribution is 2.65. The highest BCUT2D eigenvalue weighted by atomic mass is 16.2. The van der Waals surface area contributed by atoms with E-state index in [0.29, 0.717) is 23.7 Å². The molecule has 1 heterocycles. The number of hydrogen-bond donors (Lipinski definition) is 1. The van der Waals surface area contributed by atoms with Gasteiger partial charge in [0.1, 0.15) is 0 Å². The van der Waals surface area contributed by atoms with Crippen LogP contribution in [0.25, 0.3) is 0 Å². The van der Waals surface area contributed by atoms with E-state index < -0.39 is 0 Å². The fourth-order valence-electron chi connectivity index (χ4n) is 8.00. The van der Waals surface area contributed by atoms with Gasteiger partial charge >= 0.3 is 0 Å². The van der Waals surface area contributed by atoms with Gasteiger partial charge in [-0.05, 0) is 86.8 Å². The van der Waals surface area contributed by atoms with Crippen LogP contribution in [0.15, 0.2) is 42.5 Å². The molecule has 1 aromatic rings. The summed E-state index contributed by atoms with van der Waals surface area (Å²) in [5, 5.41) is 3.24. The Morgan fingerprint density at radius 3 is 2.58 bits per heavy atom. The first-order valence-corrected chi connectivity index (χ1v) is 12.2. The second-order valence-electron chi connectivity index (χ2n) is 10.8. The van der Waals surface area contributed by atoms with E-state index in [9.17, 15) is 9.59 Å². The molecule has 4 nitrogen and oxygen atoms in total. The van der Waals surface area contributed by atoms with Crippen LogP contribution in [-0.4, -0.2) is 24.4 Å². The summed E-state index contributed by atoms with van der Waals surface area (Å²) in [4.78, 5) is 27.7. The lowest BCUT2D eigenvalue weighted by Gasteiger charge is -2.58. The van der Waals surface area contributed by atoms with Crippen LogP contribution in [0, 0.1) is 34.5 Å². The average Bonchev–Trinajstić information content (AvgIpc) is 3.12. The molecule has 0 saturated heterocycles. The lowest BCUT2D eigenvalue weighted by molar-refractivity contribution is -0.131. The topological polar surface area (TPSA) is 49.4 Å². The number of nitrogens with zero attached hydrogens (tertiary/aromatic N) is 1. The van der Waals surface area contributed by atoms with Crippen molar-refractivity contribution in [3.63, 3.8) is 0 Å². The first kappa shape index (κ1) is 20.8. The van der Waals surface area contributed by atoms with Gasteiger partial charge in [0.25, 0.3) is 0 Å². The van der Waals surface area contributed by atoms with E-state index in [-0.39, 0.29) is 28.7 Å². The van der Waals surface area contributed by atoms with Gasteiger partial charge in [0.05, 0.1) is 0 Å². The van der Waals surface area contributed by atoms with Gasteiger partial charge in [0.2, 0.25) is 11.8 Å². The Hall–Kier alpha value is -2.10. The average molecular weight is 421 g/mol. The van der Waals surface area contributed by atoms with E-state index in [0.717, 1.165) is 44.3 Å². The van der Waals surface area contributed by atoms with Crippen LogP contribution in [0.5, 0.6) is 0 Å². The fourth-order valence-corrected chi connectivity index (χ4v) is 8.00. The summed E-state index contributed by atoms with van der Waals surface area (Å²) in [5.41, 5.74) is 1.16. The van der Waals surface area contributed by atoms with Crippen LogP contribution in [0.2, 0.25) is 0 Å². The minimum absolute atomic E-state index is 0.0553. The van der Waals surface area contributed by atoms with Gasteiger partial charge in [0.15, 0.2) is 0 Å². The van der Waals surface area contributed by atoms with Crippen LogP contribution in [0.3, 0.4) is 0 Å². The van der Waals surface area contributed by atoms with Crippen molar-refractivity contribution in [3.05, 3.63) is 42.5 Å². The smallest absolute Gasteiger partial charge is 0.243 e. The molecule has 0 radical (unpaired) electrons. The maximum Gasteiger partial charge on any atom is 0.243 e. The third-order valence-corrected chi connectivity index (χ3v) is 9.63. The highest BCUT2D eigenvalue weighted by Gasteiger charge is 2.61. The van der Waals surface area contributed by atoms with E-state index >= 15 is 0 Å². The Balaban J connectivity index is 1.41. The molecule has 7 atom stereocenters. The summed E-state index contributed by atoms with van der Waals surface area (Å²) < 4.78 is 0. The van der Waals surface area contributed by atoms with Crippen molar-refractivity contribution in [2.24, 2.45) is 34.5 Å². The molecule has 3 fully saturated rings. The minimum atomic E-state index is 0.0553. The van der Waals surface area contributed by atoms with Gasteiger partial charge in [-0.25, -0.2) is 0 Å². The quantitative estimate of drug-likeness (QED) is 0.752. The zero-order valence-corrected chi connectivity index (χ0v) is 19.1. The first-order chi connectivity index (χ1) is 14.9. The summed E-state index contributed by atoms with van der Waals surface area (Å²) in [6.07, 6.45) is 10.7. The van der Waals surface area contributed by atoms with Crippen molar-refractivity contribution in [3.8, 4) is 0 Å². The predicted octanol–water partition coefficient (Wildman–Crippen LogP) is 4.95. The van der Waals surface area contributed by atoms with Crippen LogP contribution in [0.1, 0.15) is 59.3 Å². The molecule has 0 spiro atoms. The van der Waals surface area contributed by atoms with E-state index in [2.05, 4.69) is 44.3 Å². The first-order valence-electron chi connectivity index (χ1n) is 12.2. The van der Waals surface area contributed by atoms with E-state index in [1.807, 2.05) is 23.1 Å². The largest absolute Gasteiger partial charge is 0.349 e. The monoisotopic (exact) mass is 420 g/mol. The van der Waals surface area contributed by atoms with Gasteiger partial charge in [-0.3, -0.25) is 9.59 Å². The molecule has 3 aliphatic carbocycles. The Bertz CT molecular complexity index is 896. The number of anilines is 1. The third kappa shape index (κ3) is 3.08. The molecule has 0 aromatic heterocycles. The standard InChI is InChI=1S/C27H36N2O2/c1-4-29(18-8-6-5-7-9-18)25(31)22-12-11-20-19-10-13-23-27(3,17-15-24(30)28-23)21(19)14-16-26(20,22)2/h5-9,15,17,19-23H,4,10-14,16H2,1-3H3,(H,28,30)/t19-,20-,21-,22+,23+,26-,27+/m0/s1. The molecule has 3 saturated carbocycles. The Labute approximate surface area is 186 Å². The number of benzene rings is 1. The van der Waals surface area contributed by atoms with E-state index in [4.69, 9.17) is 0 Å². The Morgan fingerprint density at radius 1 is 1.06 bits per heavy atom. The number of fused-ring (bicyclic) bond motifs is 5. The SMILES string of the molecule is CCN(C(=O)[C@H]1CC[C@H]2[C@@H]3CC[C@H]4NC(=O)C=C[C@]4(C)[C@H]3CC[C@]12C)c1ccccc1. The van der Waals surface area contributed by atoms with Crippen molar-refractivity contribution in [2.75, 3.05) is 11.4 Å². The second kappa shape index (κ2) is 7.50. The Kier molecular flexibility index (Phi) is 5.02. The van der Waals surface area contributed by atoms with Gasteiger partial charge < -0.3 is 10.2 Å². The van der Waals surface area contributed by atoms with Crippen molar-refractivity contribution < 1.29 is 9.59 Å². The van der Waals surface area contributed by atoms with Gasteiger partial charge in [-0.1, -0.05) is 38.1 Å². The van der Waals surface area contributed by atoms with Crippen molar-refractivity contribution in [2.45, 2.75) is 65.3 Å². The van der Waals surface area contributed by atoms with Gasteiger partial charge in [-0.2, -0.15) is 0 Å². The molecule has 2 amide bonds. The lowest BCUT2D eigenvalue weighted by atomic mass is 9.48. The van der Waals surface area contributed by atoms with Crippen LogP contribution in [-0.2, 0) is 9.59 Å². The van der Waals surface area contributed by atoms with Crippen molar-refractivity contribution in [1.29, 1.82) is 0 Å². The molecule has 4 aliphatic rings. The zero-order valence-electron chi connectivity index (χ0n) is 19.1.